The standard InChI is InChI=1S/C19H20N4O2/c1-12(13(2)24)10-20-18-7-8-19-21-11-15(23(19)22-18)17-9-14-5-3-4-6-16(14)25-17/h3-9,11-13,24H,10H2,1-2H3,(H,20,22). The van der Waals surface area contributed by atoms with Gasteiger partial charge in [-0.15, -0.1) is 5.10 Å². The maximum Gasteiger partial charge on any atom is 0.155 e. The van der Waals surface area contributed by atoms with E-state index >= 15 is 0 Å². The first kappa shape index (κ1) is 15.7. The zero-order chi connectivity index (χ0) is 17.4. The van der Waals surface area contributed by atoms with Crippen LogP contribution in [0.4, 0.5) is 5.82 Å². The summed E-state index contributed by atoms with van der Waals surface area (Å²) in [6.45, 7) is 4.43. The van der Waals surface area contributed by atoms with E-state index in [1.807, 2.05) is 49.4 Å². The Morgan fingerprint density at radius 3 is 2.84 bits per heavy atom. The van der Waals surface area contributed by atoms with Gasteiger partial charge in [-0.3, -0.25) is 0 Å². The van der Waals surface area contributed by atoms with Crippen molar-refractivity contribution in [1.82, 2.24) is 14.6 Å². The molecule has 0 aliphatic rings. The maximum absolute atomic E-state index is 9.61. The first-order valence-corrected chi connectivity index (χ1v) is 8.37. The topological polar surface area (TPSA) is 75.6 Å². The van der Waals surface area contributed by atoms with E-state index in [-0.39, 0.29) is 12.0 Å². The number of fused-ring (bicyclic) bond motifs is 2. The first-order valence-electron chi connectivity index (χ1n) is 8.37. The number of aliphatic hydroxyl groups is 1. The lowest BCUT2D eigenvalue weighted by Crippen LogP contribution is -2.22. The second-order valence-electron chi connectivity index (χ2n) is 6.38. The summed E-state index contributed by atoms with van der Waals surface area (Å²) in [5.74, 6) is 1.60. The predicted octanol–water partition coefficient (Wildman–Crippen LogP) is 3.57. The molecule has 128 valence electrons. The number of hydrogen-bond acceptors (Lipinski definition) is 5. The molecule has 1 aromatic carbocycles. The van der Waals surface area contributed by atoms with Gasteiger partial charge in [0.2, 0.25) is 0 Å². The summed E-state index contributed by atoms with van der Waals surface area (Å²) in [6, 6.07) is 13.7. The van der Waals surface area contributed by atoms with Crippen LogP contribution in [0, 0.1) is 5.92 Å². The van der Waals surface area contributed by atoms with Crippen LogP contribution in [0.25, 0.3) is 28.1 Å². The SMILES string of the molecule is CC(O)C(C)CNc1ccc2ncc(-c3cc4ccccc4o3)n2n1. The monoisotopic (exact) mass is 336 g/mol. The summed E-state index contributed by atoms with van der Waals surface area (Å²) in [7, 11) is 0. The molecule has 2 atom stereocenters. The van der Waals surface area contributed by atoms with Gasteiger partial charge in [-0.25, -0.2) is 9.50 Å². The van der Waals surface area contributed by atoms with Crippen LogP contribution in [-0.2, 0) is 0 Å². The van der Waals surface area contributed by atoms with Gasteiger partial charge in [-0.05, 0) is 37.1 Å². The normalized spacial score (nSPS) is 14.0. The number of aromatic nitrogens is 3. The van der Waals surface area contributed by atoms with Gasteiger partial charge in [-0.1, -0.05) is 25.1 Å². The number of aliphatic hydroxyl groups excluding tert-OH is 1. The Labute approximate surface area is 145 Å². The Balaban J connectivity index is 1.68. The van der Waals surface area contributed by atoms with Crippen molar-refractivity contribution in [3.63, 3.8) is 0 Å². The molecular weight excluding hydrogens is 316 g/mol. The Kier molecular flexibility index (Phi) is 3.89. The highest BCUT2D eigenvalue weighted by Gasteiger charge is 2.13. The van der Waals surface area contributed by atoms with Gasteiger partial charge in [0.05, 0.1) is 12.3 Å². The van der Waals surface area contributed by atoms with Crippen molar-refractivity contribution >= 4 is 22.4 Å². The maximum atomic E-state index is 9.61. The van der Waals surface area contributed by atoms with Crippen LogP contribution in [0.1, 0.15) is 13.8 Å². The van der Waals surface area contributed by atoms with E-state index in [0.29, 0.717) is 6.54 Å². The summed E-state index contributed by atoms with van der Waals surface area (Å²) in [4.78, 5) is 4.40. The van der Waals surface area contributed by atoms with Crippen LogP contribution in [0.15, 0.2) is 53.1 Å². The highest BCUT2D eigenvalue weighted by atomic mass is 16.3. The van der Waals surface area contributed by atoms with Crippen LogP contribution >= 0.6 is 0 Å². The Morgan fingerprint density at radius 2 is 2.04 bits per heavy atom. The predicted molar refractivity (Wildman–Crippen MR) is 97.5 cm³/mol. The Bertz CT molecular complexity index is 986. The highest BCUT2D eigenvalue weighted by Crippen LogP contribution is 2.28. The third-order valence-corrected chi connectivity index (χ3v) is 4.47. The lowest BCUT2D eigenvalue weighted by molar-refractivity contribution is 0.141. The van der Waals surface area contributed by atoms with Crippen LogP contribution in [0.5, 0.6) is 0 Å². The van der Waals surface area contributed by atoms with Gasteiger partial charge in [0.25, 0.3) is 0 Å². The number of nitrogens with zero attached hydrogens (tertiary/aromatic N) is 3. The number of imidazole rings is 1. The number of furan rings is 1. The fourth-order valence-corrected chi connectivity index (χ4v) is 2.68. The van der Waals surface area contributed by atoms with E-state index in [4.69, 9.17) is 4.42 Å². The molecule has 0 aliphatic heterocycles. The minimum Gasteiger partial charge on any atom is -0.454 e. The molecule has 0 aliphatic carbocycles. The Morgan fingerprint density at radius 1 is 1.20 bits per heavy atom. The van der Waals surface area contributed by atoms with Gasteiger partial charge in [-0.2, -0.15) is 0 Å². The van der Waals surface area contributed by atoms with E-state index < -0.39 is 0 Å². The molecule has 25 heavy (non-hydrogen) atoms. The van der Waals surface area contributed by atoms with E-state index in [1.54, 1.807) is 17.6 Å². The number of rotatable bonds is 5. The van der Waals surface area contributed by atoms with Crippen molar-refractivity contribution in [3.05, 3.63) is 48.7 Å². The number of benzene rings is 1. The van der Waals surface area contributed by atoms with E-state index in [0.717, 1.165) is 33.9 Å². The zero-order valence-corrected chi connectivity index (χ0v) is 14.2. The summed E-state index contributed by atoms with van der Waals surface area (Å²) < 4.78 is 7.71. The molecule has 0 saturated carbocycles. The molecule has 0 amide bonds. The molecule has 0 saturated heterocycles. The van der Waals surface area contributed by atoms with E-state index in [1.165, 1.54) is 0 Å². The third kappa shape index (κ3) is 2.96. The lowest BCUT2D eigenvalue weighted by atomic mass is 10.1. The van der Waals surface area contributed by atoms with Crippen molar-refractivity contribution in [2.24, 2.45) is 5.92 Å². The molecule has 4 aromatic rings. The summed E-state index contributed by atoms with van der Waals surface area (Å²) in [5, 5.41) is 18.5. The summed E-state index contributed by atoms with van der Waals surface area (Å²) >= 11 is 0. The lowest BCUT2D eigenvalue weighted by Gasteiger charge is -2.15. The van der Waals surface area contributed by atoms with Crippen molar-refractivity contribution in [1.29, 1.82) is 0 Å². The highest BCUT2D eigenvalue weighted by molar-refractivity contribution is 5.82. The molecule has 0 bridgehead atoms. The number of anilines is 1. The molecule has 0 fully saturated rings. The number of nitrogens with one attached hydrogen (secondary N) is 1. The second kappa shape index (κ2) is 6.22. The van der Waals surface area contributed by atoms with Crippen molar-refractivity contribution in [2.45, 2.75) is 20.0 Å². The Hall–Kier alpha value is -2.86. The molecule has 3 heterocycles. The number of para-hydroxylation sites is 1. The minimum absolute atomic E-state index is 0.134. The molecule has 6 heteroatoms. The summed E-state index contributed by atoms with van der Waals surface area (Å²) in [6.07, 6.45) is 1.40. The van der Waals surface area contributed by atoms with Gasteiger partial charge < -0.3 is 14.8 Å². The largest absolute Gasteiger partial charge is 0.454 e. The first-order chi connectivity index (χ1) is 12.1. The van der Waals surface area contributed by atoms with Gasteiger partial charge in [0.15, 0.2) is 11.4 Å². The zero-order valence-electron chi connectivity index (χ0n) is 14.2. The second-order valence-corrected chi connectivity index (χ2v) is 6.38. The fourth-order valence-electron chi connectivity index (χ4n) is 2.68. The quantitative estimate of drug-likeness (QED) is 0.583. The molecule has 3 aromatic heterocycles. The molecule has 6 nitrogen and oxygen atoms in total. The number of hydrogen-bond donors (Lipinski definition) is 2. The molecule has 4 rings (SSSR count). The fraction of sp³-hybridized carbons (Fsp3) is 0.263. The smallest absolute Gasteiger partial charge is 0.155 e. The van der Waals surface area contributed by atoms with Crippen LogP contribution in [0.2, 0.25) is 0 Å². The van der Waals surface area contributed by atoms with Gasteiger partial charge >= 0.3 is 0 Å². The van der Waals surface area contributed by atoms with Crippen LogP contribution in [-0.4, -0.2) is 32.4 Å². The van der Waals surface area contributed by atoms with E-state index in [9.17, 15) is 5.11 Å². The van der Waals surface area contributed by atoms with Crippen LogP contribution in [0.3, 0.4) is 0 Å². The van der Waals surface area contributed by atoms with E-state index in [2.05, 4.69) is 15.4 Å². The molecular formula is C19H20N4O2. The van der Waals surface area contributed by atoms with Crippen LogP contribution < -0.4 is 5.32 Å². The van der Waals surface area contributed by atoms with Crippen molar-refractivity contribution in [3.8, 4) is 11.5 Å². The summed E-state index contributed by atoms with van der Waals surface area (Å²) in [5.41, 5.74) is 2.40. The minimum atomic E-state index is -0.365. The van der Waals surface area contributed by atoms with Crippen molar-refractivity contribution < 1.29 is 9.52 Å². The third-order valence-electron chi connectivity index (χ3n) is 4.47. The average molecular weight is 336 g/mol. The molecule has 0 radical (unpaired) electrons. The van der Waals surface area contributed by atoms with Crippen molar-refractivity contribution in [2.75, 3.05) is 11.9 Å². The molecule has 2 unspecified atom stereocenters. The molecule has 2 N–H and O–H groups in total. The van der Waals surface area contributed by atoms with Gasteiger partial charge in [0, 0.05) is 11.9 Å². The molecule has 0 spiro atoms. The average Bonchev–Trinajstić information content (AvgIpc) is 3.22. The van der Waals surface area contributed by atoms with Gasteiger partial charge in [0.1, 0.15) is 17.1 Å².